The smallest absolute Gasteiger partial charge is 0.243 e. The van der Waals surface area contributed by atoms with Crippen molar-refractivity contribution >= 4 is 10.0 Å². The Balaban J connectivity index is 1.91. The van der Waals surface area contributed by atoms with Crippen molar-refractivity contribution in [2.75, 3.05) is 20.1 Å². The van der Waals surface area contributed by atoms with E-state index in [-0.39, 0.29) is 12.1 Å². The van der Waals surface area contributed by atoms with Crippen LogP contribution in [0.1, 0.15) is 36.8 Å². The third-order valence-corrected chi connectivity index (χ3v) is 7.01. The van der Waals surface area contributed by atoms with Gasteiger partial charge in [-0.15, -0.1) is 0 Å². The second kappa shape index (κ2) is 5.95. The molecule has 0 radical (unpaired) electrons. The van der Waals surface area contributed by atoms with E-state index in [1.54, 1.807) is 6.07 Å². The highest BCUT2D eigenvalue weighted by atomic mass is 32.2. The van der Waals surface area contributed by atoms with Crippen molar-refractivity contribution in [3.8, 4) is 0 Å². The van der Waals surface area contributed by atoms with Gasteiger partial charge in [-0.3, -0.25) is 0 Å². The van der Waals surface area contributed by atoms with Crippen molar-refractivity contribution < 1.29 is 8.42 Å². The van der Waals surface area contributed by atoms with Gasteiger partial charge in [0.15, 0.2) is 0 Å². The minimum Gasteiger partial charge on any atom is -0.306 e. The molecule has 122 valence electrons. The van der Waals surface area contributed by atoms with Gasteiger partial charge in [0.2, 0.25) is 10.0 Å². The van der Waals surface area contributed by atoms with Crippen molar-refractivity contribution in [1.82, 2.24) is 9.21 Å². The minimum absolute atomic E-state index is 0.162. The molecule has 0 bridgehead atoms. The first kappa shape index (κ1) is 16.0. The number of rotatable bonds is 4. The number of aryl methyl sites for hydroxylation is 2. The number of sulfonamides is 1. The standard InChI is InChI=1S/C17H26N2O2S/c1-13-4-7-17(12-14(13)2)22(20,21)19(15-5-6-15)16-8-10-18(3)11-9-16/h4,7,12,15-16H,5-6,8-11H2,1-3H3. The number of likely N-dealkylation sites (tertiary alicyclic amines) is 1. The summed E-state index contributed by atoms with van der Waals surface area (Å²) >= 11 is 0. The van der Waals surface area contributed by atoms with E-state index < -0.39 is 10.0 Å². The number of nitrogens with zero attached hydrogens (tertiary/aromatic N) is 2. The zero-order chi connectivity index (χ0) is 15.9. The second-order valence-electron chi connectivity index (χ2n) is 6.85. The Labute approximate surface area is 134 Å². The summed E-state index contributed by atoms with van der Waals surface area (Å²) in [5, 5.41) is 0. The van der Waals surface area contributed by atoms with Crippen molar-refractivity contribution in [2.45, 2.75) is 56.5 Å². The average Bonchev–Trinajstić information content (AvgIpc) is 3.28. The van der Waals surface area contributed by atoms with Crippen molar-refractivity contribution in [3.63, 3.8) is 0 Å². The lowest BCUT2D eigenvalue weighted by atomic mass is 10.1. The highest BCUT2D eigenvalue weighted by molar-refractivity contribution is 7.89. The van der Waals surface area contributed by atoms with Crippen LogP contribution in [-0.2, 0) is 10.0 Å². The molecule has 1 aromatic rings. The number of benzene rings is 1. The number of piperidine rings is 1. The van der Waals surface area contributed by atoms with E-state index in [1.165, 1.54) is 0 Å². The van der Waals surface area contributed by atoms with Crippen LogP contribution in [0.2, 0.25) is 0 Å². The largest absolute Gasteiger partial charge is 0.306 e. The molecule has 2 fully saturated rings. The van der Waals surface area contributed by atoms with E-state index in [4.69, 9.17) is 0 Å². The zero-order valence-corrected chi connectivity index (χ0v) is 14.6. The van der Waals surface area contributed by atoms with Gasteiger partial charge in [-0.05, 0) is 82.9 Å². The fourth-order valence-corrected chi connectivity index (χ4v) is 5.28. The lowest BCUT2D eigenvalue weighted by Crippen LogP contribution is -2.47. The number of hydrogen-bond donors (Lipinski definition) is 0. The molecule has 1 aliphatic heterocycles. The van der Waals surface area contributed by atoms with E-state index in [0.29, 0.717) is 4.90 Å². The topological polar surface area (TPSA) is 40.6 Å². The van der Waals surface area contributed by atoms with Crippen LogP contribution in [0, 0.1) is 13.8 Å². The van der Waals surface area contributed by atoms with Gasteiger partial charge in [0.05, 0.1) is 4.90 Å². The van der Waals surface area contributed by atoms with Gasteiger partial charge in [0.25, 0.3) is 0 Å². The Bertz CT molecular complexity index is 645. The summed E-state index contributed by atoms with van der Waals surface area (Å²) in [5.41, 5.74) is 2.18. The maximum atomic E-state index is 13.2. The summed E-state index contributed by atoms with van der Waals surface area (Å²) in [4.78, 5) is 2.74. The van der Waals surface area contributed by atoms with Gasteiger partial charge >= 0.3 is 0 Å². The molecule has 0 spiro atoms. The van der Waals surface area contributed by atoms with Gasteiger partial charge in [-0.1, -0.05) is 6.07 Å². The molecule has 3 rings (SSSR count). The predicted molar refractivity (Wildman–Crippen MR) is 88.5 cm³/mol. The first-order valence-corrected chi connectivity index (χ1v) is 9.63. The molecule has 0 unspecified atom stereocenters. The summed E-state index contributed by atoms with van der Waals surface area (Å²) in [6.07, 6.45) is 3.90. The molecule has 1 saturated carbocycles. The Morgan fingerprint density at radius 1 is 1.00 bits per heavy atom. The normalized spacial score (nSPS) is 21.5. The molecule has 0 atom stereocenters. The van der Waals surface area contributed by atoms with Gasteiger partial charge in [-0.2, -0.15) is 4.31 Å². The molecule has 4 nitrogen and oxygen atoms in total. The lowest BCUT2D eigenvalue weighted by Gasteiger charge is -2.36. The summed E-state index contributed by atoms with van der Waals surface area (Å²) in [7, 11) is -1.27. The van der Waals surface area contributed by atoms with Gasteiger partial charge < -0.3 is 4.90 Å². The van der Waals surface area contributed by atoms with Crippen molar-refractivity contribution in [3.05, 3.63) is 29.3 Å². The molecule has 1 saturated heterocycles. The molecule has 0 aromatic heterocycles. The van der Waals surface area contributed by atoms with Crippen LogP contribution < -0.4 is 0 Å². The van der Waals surface area contributed by atoms with E-state index in [9.17, 15) is 8.42 Å². The zero-order valence-electron chi connectivity index (χ0n) is 13.7. The van der Waals surface area contributed by atoms with Crippen LogP contribution in [-0.4, -0.2) is 49.8 Å². The molecular weight excluding hydrogens is 296 g/mol. The van der Waals surface area contributed by atoms with E-state index in [1.807, 2.05) is 30.3 Å². The fraction of sp³-hybridized carbons (Fsp3) is 0.647. The maximum absolute atomic E-state index is 13.2. The van der Waals surface area contributed by atoms with E-state index in [0.717, 1.165) is 49.9 Å². The van der Waals surface area contributed by atoms with Crippen LogP contribution in [0.3, 0.4) is 0 Å². The molecule has 5 heteroatoms. The molecule has 1 aliphatic carbocycles. The third-order valence-electron chi connectivity index (χ3n) is 5.01. The van der Waals surface area contributed by atoms with Crippen LogP contribution in [0.25, 0.3) is 0 Å². The van der Waals surface area contributed by atoms with E-state index in [2.05, 4.69) is 11.9 Å². The third kappa shape index (κ3) is 3.07. The molecule has 0 amide bonds. The summed E-state index contributed by atoms with van der Waals surface area (Å²) in [6.45, 7) is 5.96. The molecule has 1 heterocycles. The monoisotopic (exact) mass is 322 g/mol. The van der Waals surface area contributed by atoms with E-state index >= 15 is 0 Å². The Morgan fingerprint density at radius 2 is 1.59 bits per heavy atom. The first-order valence-electron chi connectivity index (χ1n) is 8.19. The highest BCUT2D eigenvalue weighted by Crippen LogP contribution is 2.36. The minimum atomic E-state index is -3.38. The Kier molecular flexibility index (Phi) is 4.32. The first-order chi connectivity index (χ1) is 10.4. The van der Waals surface area contributed by atoms with Crippen molar-refractivity contribution in [1.29, 1.82) is 0 Å². The average molecular weight is 322 g/mol. The fourth-order valence-electron chi connectivity index (χ4n) is 3.27. The van der Waals surface area contributed by atoms with Crippen molar-refractivity contribution in [2.24, 2.45) is 0 Å². The van der Waals surface area contributed by atoms with Gasteiger partial charge in [-0.25, -0.2) is 8.42 Å². The molecule has 1 aromatic carbocycles. The molecular formula is C17H26N2O2S. The summed E-state index contributed by atoms with van der Waals surface area (Å²) in [6, 6.07) is 5.90. The van der Waals surface area contributed by atoms with Gasteiger partial charge in [0.1, 0.15) is 0 Å². The molecule has 0 N–H and O–H groups in total. The maximum Gasteiger partial charge on any atom is 0.243 e. The SMILES string of the molecule is Cc1ccc(S(=O)(=O)N(C2CC2)C2CCN(C)CC2)cc1C. The van der Waals surface area contributed by atoms with Crippen LogP contribution in [0.15, 0.2) is 23.1 Å². The lowest BCUT2D eigenvalue weighted by molar-refractivity contribution is 0.178. The number of hydrogen-bond acceptors (Lipinski definition) is 3. The Morgan fingerprint density at radius 3 is 2.14 bits per heavy atom. The van der Waals surface area contributed by atoms with Crippen LogP contribution >= 0.6 is 0 Å². The summed E-state index contributed by atoms with van der Waals surface area (Å²) < 4.78 is 28.2. The Hall–Kier alpha value is -0.910. The molecule has 22 heavy (non-hydrogen) atoms. The second-order valence-corrected chi connectivity index (χ2v) is 8.69. The van der Waals surface area contributed by atoms with Crippen LogP contribution in [0.4, 0.5) is 0 Å². The highest BCUT2D eigenvalue weighted by Gasteiger charge is 2.43. The van der Waals surface area contributed by atoms with Gasteiger partial charge in [0, 0.05) is 12.1 Å². The predicted octanol–water partition coefficient (Wildman–Crippen LogP) is 2.55. The molecule has 2 aliphatic rings. The van der Waals surface area contributed by atoms with Crippen LogP contribution in [0.5, 0.6) is 0 Å². The summed E-state index contributed by atoms with van der Waals surface area (Å²) in [5.74, 6) is 0. The quantitative estimate of drug-likeness (QED) is 0.855.